The third-order valence-corrected chi connectivity index (χ3v) is 3.25. The Morgan fingerprint density at radius 1 is 1.54 bits per heavy atom. The van der Waals surface area contributed by atoms with Crippen molar-refractivity contribution >= 4 is 39.3 Å². The number of anilines is 1. The molecule has 1 aromatic heterocycles. The van der Waals surface area contributed by atoms with Gasteiger partial charge in [-0.3, -0.25) is 0 Å². The molecule has 1 heterocycles. The van der Waals surface area contributed by atoms with Crippen LogP contribution in [0.5, 0.6) is 0 Å². The SMILES string of the molecule is CCc1cc2nc(N)sc2cc1S. The molecule has 2 rings (SSSR count). The van der Waals surface area contributed by atoms with Crippen molar-refractivity contribution < 1.29 is 0 Å². The van der Waals surface area contributed by atoms with Gasteiger partial charge in [0.15, 0.2) is 5.13 Å². The van der Waals surface area contributed by atoms with E-state index >= 15 is 0 Å². The number of thiol groups is 1. The van der Waals surface area contributed by atoms with Crippen molar-refractivity contribution in [3.05, 3.63) is 17.7 Å². The van der Waals surface area contributed by atoms with E-state index in [4.69, 9.17) is 5.73 Å². The Bertz CT molecular complexity index is 448. The highest BCUT2D eigenvalue weighted by molar-refractivity contribution is 7.80. The lowest BCUT2D eigenvalue weighted by atomic mass is 10.1. The number of fused-ring (bicyclic) bond motifs is 1. The van der Waals surface area contributed by atoms with Crippen molar-refractivity contribution in [3.63, 3.8) is 0 Å². The predicted molar refractivity (Wildman–Crippen MR) is 60.7 cm³/mol. The van der Waals surface area contributed by atoms with Crippen LogP contribution in [-0.2, 0) is 6.42 Å². The fourth-order valence-corrected chi connectivity index (χ4v) is 2.50. The van der Waals surface area contributed by atoms with Gasteiger partial charge in [0, 0.05) is 4.90 Å². The topological polar surface area (TPSA) is 38.9 Å². The first kappa shape index (κ1) is 8.84. The summed E-state index contributed by atoms with van der Waals surface area (Å²) >= 11 is 5.90. The summed E-state index contributed by atoms with van der Waals surface area (Å²) in [7, 11) is 0. The lowest BCUT2D eigenvalue weighted by molar-refractivity contribution is 1.09. The van der Waals surface area contributed by atoms with Gasteiger partial charge in [-0.05, 0) is 24.1 Å². The molecule has 0 saturated carbocycles. The summed E-state index contributed by atoms with van der Waals surface area (Å²) in [5.74, 6) is 0. The van der Waals surface area contributed by atoms with Gasteiger partial charge in [-0.15, -0.1) is 12.6 Å². The molecule has 13 heavy (non-hydrogen) atoms. The van der Waals surface area contributed by atoms with Crippen LogP contribution in [0.15, 0.2) is 17.0 Å². The van der Waals surface area contributed by atoms with Crippen LogP contribution in [0.2, 0.25) is 0 Å². The summed E-state index contributed by atoms with van der Waals surface area (Å²) < 4.78 is 1.11. The van der Waals surface area contributed by atoms with Crippen molar-refractivity contribution in [1.82, 2.24) is 4.98 Å². The van der Waals surface area contributed by atoms with Crippen LogP contribution in [-0.4, -0.2) is 4.98 Å². The number of nitrogen functional groups attached to an aromatic ring is 1. The number of rotatable bonds is 1. The van der Waals surface area contributed by atoms with Gasteiger partial charge in [-0.2, -0.15) is 0 Å². The molecular formula is C9H10N2S2. The summed E-state index contributed by atoms with van der Waals surface area (Å²) in [6.45, 7) is 2.11. The van der Waals surface area contributed by atoms with Crippen LogP contribution in [0.25, 0.3) is 10.2 Å². The molecule has 0 radical (unpaired) electrons. The zero-order chi connectivity index (χ0) is 9.42. The number of thiazole rings is 1. The molecule has 1 aromatic carbocycles. The van der Waals surface area contributed by atoms with Crippen LogP contribution in [0.3, 0.4) is 0 Å². The van der Waals surface area contributed by atoms with Gasteiger partial charge >= 0.3 is 0 Å². The number of hydrogen-bond donors (Lipinski definition) is 2. The number of nitrogens with two attached hydrogens (primary N) is 1. The molecule has 0 fully saturated rings. The first-order valence-corrected chi connectivity index (χ1v) is 5.35. The standard InChI is InChI=1S/C9H10N2S2/c1-2-5-3-6-8(4-7(5)12)13-9(10)11-6/h3-4,12H,2H2,1H3,(H2,10,11). The van der Waals surface area contributed by atoms with Gasteiger partial charge in [-0.25, -0.2) is 4.98 Å². The zero-order valence-electron chi connectivity index (χ0n) is 7.24. The number of hydrogen-bond acceptors (Lipinski definition) is 4. The molecule has 0 saturated heterocycles. The fraction of sp³-hybridized carbons (Fsp3) is 0.222. The molecule has 0 amide bonds. The molecule has 0 aliphatic rings. The lowest BCUT2D eigenvalue weighted by Crippen LogP contribution is -1.83. The van der Waals surface area contributed by atoms with Gasteiger partial charge in [0.1, 0.15) is 0 Å². The number of aryl methyl sites for hydroxylation is 1. The average molecular weight is 210 g/mol. The summed E-state index contributed by atoms with van der Waals surface area (Å²) in [4.78, 5) is 5.25. The molecule has 68 valence electrons. The molecule has 0 aliphatic carbocycles. The normalized spacial score (nSPS) is 10.9. The summed E-state index contributed by atoms with van der Waals surface area (Å²) in [6.07, 6.45) is 0.978. The Hall–Kier alpha value is -0.740. The van der Waals surface area contributed by atoms with Crippen LogP contribution < -0.4 is 5.73 Å². The Kier molecular flexibility index (Phi) is 2.17. The molecule has 0 bridgehead atoms. The summed E-state index contributed by atoms with van der Waals surface area (Å²) in [6, 6.07) is 4.09. The van der Waals surface area contributed by atoms with E-state index in [-0.39, 0.29) is 0 Å². The van der Waals surface area contributed by atoms with Gasteiger partial charge in [0.2, 0.25) is 0 Å². The van der Waals surface area contributed by atoms with E-state index in [2.05, 4.69) is 30.6 Å². The Morgan fingerprint density at radius 3 is 3.00 bits per heavy atom. The maximum absolute atomic E-state index is 5.61. The molecule has 0 spiro atoms. The monoisotopic (exact) mass is 210 g/mol. The van der Waals surface area contributed by atoms with Crippen molar-refractivity contribution in [3.8, 4) is 0 Å². The maximum atomic E-state index is 5.61. The molecule has 0 aliphatic heterocycles. The number of benzene rings is 1. The molecule has 2 N–H and O–H groups in total. The second kappa shape index (κ2) is 3.20. The lowest BCUT2D eigenvalue weighted by Gasteiger charge is -2.00. The van der Waals surface area contributed by atoms with E-state index in [9.17, 15) is 0 Å². The zero-order valence-corrected chi connectivity index (χ0v) is 8.95. The van der Waals surface area contributed by atoms with Crippen molar-refractivity contribution in [2.45, 2.75) is 18.2 Å². The third kappa shape index (κ3) is 1.51. The molecule has 0 unspecified atom stereocenters. The summed E-state index contributed by atoms with van der Waals surface area (Å²) in [5.41, 5.74) is 7.82. The van der Waals surface area contributed by atoms with Crippen LogP contribution in [0, 0.1) is 0 Å². The highest BCUT2D eigenvalue weighted by atomic mass is 32.1. The quantitative estimate of drug-likeness (QED) is 0.710. The van der Waals surface area contributed by atoms with E-state index in [1.165, 1.54) is 16.9 Å². The van der Waals surface area contributed by atoms with E-state index in [1.54, 1.807) is 0 Å². The fourth-order valence-electron chi connectivity index (χ4n) is 1.31. The predicted octanol–water partition coefficient (Wildman–Crippen LogP) is 2.73. The van der Waals surface area contributed by atoms with E-state index in [0.717, 1.165) is 21.5 Å². The van der Waals surface area contributed by atoms with E-state index < -0.39 is 0 Å². The van der Waals surface area contributed by atoms with Gasteiger partial charge in [0.05, 0.1) is 10.2 Å². The highest BCUT2D eigenvalue weighted by Gasteiger charge is 2.04. The van der Waals surface area contributed by atoms with Crippen LogP contribution in [0.1, 0.15) is 12.5 Å². The van der Waals surface area contributed by atoms with Crippen LogP contribution >= 0.6 is 24.0 Å². The molecule has 2 nitrogen and oxygen atoms in total. The van der Waals surface area contributed by atoms with Crippen molar-refractivity contribution in [1.29, 1.82) is 0 Å². The largest absolute Gasteiger partial charge is 0.375 e. The second-order valence-corrected chi connectivity index (χ2v) is 4.40. The first-order chi connectivity index (χ1) is 6.20. The Morgan fingerprint density at radius 2 is 2.31 bits per heavy atom. The molecule has 0 atom stereocenters. The highest BCUT2D eigenvalue weighted by Crippen LogP contribution is 2.28. The first-order valence-electron chi connectivity index (χ1n) is 4.08. The van der Waals surface area contributed by atoms with Gasteiger partial charge < -0.3 is 5.73 Å². The minimum atomic E-state index is 0.621. The van der Waals surface area contributed by atoms with Crippen LogP contribution in [0.4, 0.5) is 5.13 Å². The molecular weight excluding hydrogens is 200 g/mol. The minimum Gasteiger partial charge on any atom is -0.375 e. The van der Waals surface area contributed by atoms with E-state index in [0.29, 0.717) is 5.13 Å². The van der Waals surface area contributed by atoms with E-state index in [1.807, 2.05) is 6.07 Å². The minimum absolute atomic E-state index is 0.621. The van der Waals surface area contributed by atoms with Crippen molar-refractivity contribution in [2.24, 2.45) is 0 Å². The Balaban J connectivity index is 2.72. The summed E-state index contributed by atoms with van der Waals surface area (Å²) in [5, 5.41) is 0.621. The number of nitrogens with zero attached hydrogens (tertiary/aromatic N) is 1. The second-order valence-electron chi connectivity index (χ2n) is 2.85. The Labute approximate surface area is 86.2 Å². The number of aromatic nitrogens is 1. The molecule has 2 aromatic rings. The maximum Gasteiger partial charge on any atom is 0.181 e. The van der Waals surface area contributed by atoms with Crippen molar-refractivity contribution in [2.75, 3.05) is 5.73 Å². The van der Waals surface area contributed by atoms with Gasteiger partial charge in [0.25, 0.3) is 0 Å². The molecule has 4 heteroatoms. The third-order valence-electron chi connectivity index (χ3n) is 1.99. The van der Waals surface area contributed by atoms with Gasteiger partial charge in [-0.1, -0.05) is 18.3 Å². The average Bonchev–Trinajstić information content (AvgIpc) is 2.42. The smallest absolute Gasteiger partial charge is 0.181 e.